The Morgan fingerprint density at radius 1 is 1.16 bits per heavy atom. The average molecular weight is 333 g/mol. The molecule has 2 aromatic carbocycles. The molecular formula is C20H23N5. The number of nitrogens with two attached hydrogens (primary N) is 1. The first kappa shape index (κ1) is 15.7. The molecule has 0 amide bonds. The van der Waals surface area contributed by atoms with Gasteiger partial charge in [-0.25, -0.2) is 4.68 Å². The largest absolute Gasteiger partial charge is 0.366 e. The standard InChI is InChI=1S/C20H23N5/c1-3-14-7-9-15(10-8-14)17-12-18(16-6-4-5-13(2)11-16)25-20(22-17)23-19(21)24-25/h4-11,17-18H,3,12H2,1-2H3,(H3,21,22,23,24). The lowest BCUT2D eigenvalue weighted by Crippen LogP contribution is -2.28. The van der Waals surface area contributed by atoms with Crippen LogP contribution in [0.2, 0.25) is 0 Å². The van der Waals surface area contributed by atoms with E-state index in [4.69, 9.17) is 5.73 Å². The van der Waals surface area contributed by atoms with Gasteiger partial charge in [-0.3, -0.25) is 0 Å². The fourth-order valence-corrected chi connectivity index (χ4v) is 3.55. The van der Waals surface area contributed by atoms with Crippen LogP contribution >= 0.6 is 0 Å². The van der Waals surface area contributed by atoms with Crippen LogP contribution < -0.4 is 11.1 Å². The first-order valence-corrected chi connectivity index (χ1v) is 8.78. The number of nitrogens with one attached hydrogen (secondary N) is 1. The Morgan fingerprint density at radius 3 is 2.68 bits per heavy atom. The third-order valence-electron chi connectivity index (χ3n) is 4.92. The van der Waals surface area contributed by atoms with Crippen molar-refractivity contribution in [3.63, 3.8) is 0 Å². The van der Waals surface area contributed by atoms with Gasteiger partial charge in [-0.2, -0.15) is 4.98 Å². The number of hydrogen-bond acceptors (Lipinski definition) is 4. The number of benzene rings is 2. The zero-order valence-electron chi connectivity index (χ0n) is 14.6. The first-order valence-electron chi connectivity index (χ1n) is 8.78. The molecule has 2 unspecified atom stereocenters. The van der Waals surface area contributed by atoms with E-state index in [9.17, 15) is 0 Å². The van der Waals surface area contributed by atoms with Gasteiger partial charge < -0.3 is 11.1 Å². The molecular weight excluding hydrogens is 310 g/mol. The van der Waals surface area contributed by atoms with Crippen LogP contribution in [0.5, 0.6) is 0 Å². The van der Waals surface area contributed by atoms with Gasteiger partial charge >= 0.3 is 0 Å². The maximum absolute atomic E-state index is 5.87. The molecule has 128 valence electrons. The predicted octanol–water partition coefficient (Wildman–Crippen LogP) is 3.88. The lowest BCUT2D eigenvalue weighted by Gasteiger charge is -2.32. The summed E-state index contributed by atoms with van der Waals surface area (Å²) in [6, 6.07) is 17.7. The van der Waals surface area contributed by atoms with E-state index in [1.165, 1.54) is 22.3 Å². The molecule has 5 heteroatoms. The topological polar surface area (TPSA) is 68.8 Å². The van der Waals surface area contributed by atoms with Gasteiger partial charge in [0.1, 0.15) is 0 Å². The average Bonchev–Trinajstić information content (AvgIpc) is 3.01. The van der Waals surface area contributed by atoms with E-state index in [-0.39, 0.29) is 12.1 Å². The SMILES string of the molecule is CCc1ccc(C2CC(c3cccc(C)c3)n3nc(N)nc3N2)cc1. The van der Waals surface area contributed by atoms with Gasteiger partial charge in [0.25, 0.3) is 0 Å². The van der Waals surface area contributed by atoms with Crippen LogP contribution in [0.25, 0.3) is 0 Å². The summed E-state index contributed by atoms with van der Waals surface area (Å²) in [4.78, 5) is 4.38. The van der Waals surface area contributed by atoms with Crippen LogP contribution in [-0.4, -0.2) is 14.8 Å². The van der Waals surface area contributed by atoms with Gasteiger partial charge in [0, 0.05) is 0 Å². The van der Waals surface area contributed by atoms with Crippen molar-refractivity contribution < 1.29 is 0 Å². The van der Waals surface area contributed by atoms with Gasteiger partial charge in [0.05, 0.1) is 12.1 Å². The summed E-state index contributed by atoms with van der Waals surface area (Å²) in [6.07, 6.45) is 1.96. The minimum atomic E-state index is 0.122. The summed E-state index contributed by atoms with van der Waals surface area (Å²) in [5, 5.41) is 7.91. The summed E-state index contributed by atoms with van der Waals surface area (Å²) in [5.41, 5.74) is 11.0. The molecule has 5 nitrogen and oxygen atoms in total. The van der Waals surface area contributed by atoms with Crippen molar-refractivity contribution in [3.05, 3.63) is 70.8 Å². The Balaban J connectivity index is 1.73. The summed E-state index contributed by atoms with van der Waals surface area (Å²) < 4.78 is 1.92. The number of hydrogen-bond donors (Lipinski definition) is 2. The number of anilines is 2. The fraction of sp³-hybridized carbons (Fsp3) is 0.300. The van der Waals surface area contributed by atoms with Gasteiger partial charge in [-0.05, 0) is 36.5 Å². The van der Waals surface area contributed by atoms with E-state index >= 15 is 0 Å². The zero-order valence-corrected chi connectivity index (χ0v) is 14.6. The summed E-state index contributed by atoms with van der Waals surface area (Å²) in [5.74, 6) is 1.04. The number of nitrogen functional groups attached to an aromatic ring is 1. The Morgan fingerprint density at radius 2 is 1.96 bits per heavy atom. The number of nitrogens with zero attached hydrogens (tertiary/aromatic N) is 3. The molecule has 0 spiro atoms. The van der Waals surface area contributed by atoms with Crippen molar-refractivity contribution in [3.8, 4) is 0 Å². The van der Waals surface area contributed by atoms with Gasteiger partial charge in [0.15, 0.2) is 0 Å². The summed E-state index contributed by atoms with van der Waals surface area (Å²) >= 11 is 0. The number of fused-ring (bicyclic) bond motifs is 1. The Bertz CT molecular complexity index is 881. The second kappa shape index (κ2) is 6.24. The number of aromatic nitrogens is 3. The van der Waals surface area contributed by atoms with E-state index in [1.54, 1.807) is 0 Å². The van der Waals surface area contributed by atoms with E-state index in [2.05, 4.69) is 77.8 Å². The Hall–Kier alpha value is -2.82. The summed E-state index contributed by atoms with van der Waals surface area (Å²) in [7, 11) is 0. The van der Waals surface area contributed by atoms with Crippen LogP contribution in [0.15, 0.2) is 48.5 Å². The van der Waals surface area contributed by atoms with Crippen molar-refractivity contribution in [1.29, 1.82) is 0 Å². The number of rotatable bonds is 3. The van der Waals surface area contributed by atoms with Crippen molar-refractivity contribution in [2.45, 2.75) is 38.8 Å². The van der Waals surface area contributed by atoms with Crippen molar-refractivity contribution in [2.75, 3.05) is 11.1 Å². The normalized spacial score (nSPS) is 19.3. The highest BCUT2D eigenvalue weighted by atomic mass is 15.4. The molecule has 0 fully saturated rings. The molecule has 1 aliphatic rings. The van der Waals surface area contributed by atoms with Gasteiger partial charge in [-0.1, -0.05) is 61.0 Å². The summed E-state index contributed by atoms with van der Waals surface area (Å²) in [6.45, 7) is 4.29. The predicted molar refractivity (Wildman–Crippen MR) is 101 cm³/mol. The molecule has 3 N–H and O–H groups in total. The van der Waals surface area contributed by atoms with E-state index in [1.807, 2.05) is 4.68 Å². The van der Waals surface area contributed by atoms with Crippen LogP contribution in [0.1, 0.15) is 47.7 Å². The Kier molecular flexibility index (Phi) is 3.92. The van der Waals surface area contributed by atoms with E-state index < -0.39 is 0 Å². The molecule has 0 aliphatic carbocycles. The second-order valence-electron chi connectivity index (χ2n) is 6.70. The van der Waals surface area contributed by atoms with Crippen molar-refractivity contribution in [1.82, 2.24) is 14.8 Å². The highest BCUT2D eigenvalue weighted by Crippen LogP contribution is 2.38. The molecule has 0 bridgehead atoms. The van der Waals surface area contributed by atoms with Crippen molar-refractivity contribution >= 4 is 11.9 Å². The minimum Gasteiger partial charge on any atom is -0.366 e. The minimum absolute atomic E-state index is 0.122. The third-order valence-corrected chi connectivity index (χ3v) is 4.92. The lowest BCUT2D eigenvalue weighted by molar-refractivity contribution is 0.431. The van der Waals surface area contributed by atoms with Crippen LogP contribution in [0, 0.1) is 6.92 Å². The molecule has 0 radical (unpaired) electrons. The molecule has 1 aromatic heterocycles. The van der Waals surface area contributed by atoms with Gasteiger partial charge in [-0.15, -0.1) is 5.10 Å². The molecule has 1 aliphatic heterocycles. The molecule has 2 heterocycles. The molecule has 2 atom stereocenters. The monoisotopic (exact) mass is 333 g/mol. The number of aryl methyl sites for hydroxylation is 2. The maximum Gasteiger partial charge on any atom is 0.241 e. The van der Waals surface area contributed by atoms with Gasteiger partial charge in [0.2, 0.25) is 11.9 Å². The smallest absolute Gasteiger partial charge is 0.241 e. The fourth-order valence-electron chi connectivity index (χ4n) is 3.55. The lowest BCUT2D eigenvalue weighted by atomic mass is 9.92. The molecule has 0 saturated carbocycles. The molecule has 25 heavy (non-hydrogen) atoms. The van der Waals surface area contributed by atoms with E-state index in [0.29, 0.717) is 5.95 Å². The zero-order chi connectivity index (χ0) is 17.4. The quantitative estimate of drug-likeness (QED) is 0.763. The maximum atomic E-state index is 5.87. The first-order chi connectivity index (χ1) is 12.1. The van der Waals surface area contributed by atoms with E-state index in [0.717, 1.165) is 18.8 Å². The molecule has 0 saturated heterocycles. The molecule has 4 rings (SSSR count). The van der Waals surface area contributed by atoms with Crippen LogP contribution in [-0.2, 0) is 6.42 Å². The van der Waals surface area contributed by atoms with Crippen LogP contribution in [0.4, 0.5) is 11.9 Å². The Labute approximate surface area is 147 Å². The second-order valence-corrected chi connectivity index (χ2v) is 6.70. The van der Waals surface area contributed by atoms with Crippen molar-refractivity contribution in [2.24, 2.45) is 0 Å². The third kappa shape index (κ3) is 2.97. The highest BCUT2D eigenvalue weighted by Gasteiger charge is 2.30. The molecule has 3 aromatic rings. The van der Waals surface area contributed by atoms with Crippen LogP contribution in [0.3, 0.4) is 0 Å². The highest BCUT2D eigenvalue weighted by molar-refractivity contribution is 5.42.